The molecule has 2 aromatic rings. The van der Waals surface area contributed by atoms with Gasteiger partial charge in [-0.25, -0.2) is 17.2 Å². The lowest BCUT2D eigenvalue weighted by molar-refractivity contribution is -0.137. The minimum absolute atomic E-state index is 0.0816. The number of pyridine rings is 1. The number of amides is 1. The third-order valence-electron chi connectivity index (χ3n) is 4.41. The minimum atomic E-state index is -4.77. The third kappa shape index (κ3) is 4.05. The van der Waals surface area contributed by atoms with Crippen LogP contribution in [0.2, 0.25) is 0 Å². The number of rotatable bonds is 6. The molecule has 3 rings (SSSR count). The van der Waals surface area contributed by atoms with E-state index in [-0.39, 0.29) is 5.69 Å². The molecule has 31 heavy (non-hydrogen) atoms. The molecule has 1 aliphatic rings. The maximum absolute atomic E-state index is 13.4. The van der Waals surface area contributed by atoms with Gasteiger partial charge in [0.15, 0.2) is 20.7 Å². The maximum Gasteiger partial charge on any atom is 0.417 e. The number of sulfone groups is 1. The molecule has 0 bridgehead atoms. The van der Waals surface area contributed by atoms with Gasteiger partial charge in [0.05, 0.1) is 29.1 Å². The van der Waals surface area contributed by atoms with Crippen LogP contribution in [0.1, 0.15) is 28.5 Å². The molecule has 1 unspecified atom stereocenters. The molecular weight excluding hydrogens is 458 g/mol. The van der Waals surface area contributed by atoms with E-state index in [2.05, 4.69) is 14.7 Å². The first-order chi connectivity index (χ1) is 14.3. The Bertz CT molecular complexity index is 1130. The lowest BCUT2D eigenvalue weighted by atomic mass is 10.1. The van der Waals surface area contributed by atoms with Gasteiger partial charge in [-0.05, 0) is 6.07 Å². The van der Waals surface area contributed by atoms with Crippen molar-refractivity contribution in [1.82, 2.24) is 14.5 Å². The largest absolute Gasteiger partial charge is 0.424 e. The SMILES string of the molecule is CCS(=O)(=O)c1c(N2Cc3ncc(C(F)(F)F)cc3C2=O)nc(OC(F)C(F)F)n1C. The maximum atomic E-state index is 13.4. The topological polar surface area (TPSA) is 94.4 Å². The molecule has 3 heterocycles. The van der Waals surface area contributed by atoms with E-state index in [1.165, 1.54) is 6.92 Å². The molecule has 2 aromatic heterocycles. The highest BCUT2D eigenvalue weighted by Gasteiger charge is 2.40. The van der Waals surface area contributed by atoms with Crippen molar-refractivity contribution < 1.29 is 44.3 Å². The molecule has 0 N–H and O–H groups in total. The van der Waals surface area contributed by atoms with Crippen molar-refractivity contribution in [3.8, 4) is 6.01 Å². The van der Waals surface area contributed by atoms with Crippen LogP contribution >= 0.6 is 0 Å². The summed E-state index contributed by atoms with van der Waals surface area (Å²) in [4.78, 5) is 20.7. The molecule has 1 atom stereocenters. The molecule has 0 radical (unpaired) electrons. The second-order valence-corrected chi connectivity index (χ2v) is 8.59. The van der Waals surface area contributed by atoms with Gasteiger partial charge in [-0.1, -0.05) is 6.92 Å². The standard InChI is InChI=1S/C16H14F6N4O4S/c1-3-31(28,29)14-12(24-15(25(14)2)30-11(19)10(17)18)26-6-9-8(13(26)27)4-7(5-23-9)16(20,21)22/h4-5,10-11H,3,6H2,1-2H3. The summed E-state index contributed by atoms with van der Waals surface area (Å²) >= 11 is 0. The van der Waals surface area contributed by atoms with Gasteiger partial charge in [0.1, 0.15) is 0 Å². The summed E-state index contributed by atoms with van der Waals surface area (Å²) in [6, 6.07) is -0.296. The summed E-state index contributed by atoms with van der Waals surface area (Å²) in [7, 11) is -3.12. The van der Waals surface area contributed by atoms with Crippen molar-refractivity contribution in [3.63, 3.8) is 0 Å². The summed E-state index contributed by atoms with van der Waals surface area (Å²) in [5.41, 5.74) is -1.70. The van der Waals surface area contributed by atoms with Gasteiger partial charge < -0.3 is 4.74 Å². The Hall–Kier alpha value is -2.84. The summed E-state index contributed by atoms with van der Waals surface area (Å²) in [5, 5.41) is -0.649. The predicted octanol–water partition coefficient (Wildman–Crippen LogP) is 2.73. The predicted molar refractivity (Wildman–Crippen MR) is 92.2 cm³/mol. The molecule has 15 heteroatoms. The molecule has 8 nitrogen and oxygen atoms in total. The third-order valence-corrected chi connectivity index (χ3v) is 6.22. The first-order valence-electron chi connectivity index (χ1n) is 8.54. The number of halogens is 6. The van der Waals surface area contributed by atoms with Crippen LogP contribution in [-0.2, 0) is 29.6 Å². The van der Waals surface area contributed by atoms with E-state index in [9.17, 15) is 39.6 Å². The van der Waals surface area contributed by atoms with Crippen molar-refractivity contribution in [2.45, 2.75) is 37.5 Å². The number of nitrogens with zero attached hydrogens (tertiary/aromatic N) is 4. The number of imidazole rings is 1. The van der Waals surface area contributed by atoms with Crippen LogP contribution in [0, 0.1) is 0 Å². The molecule has 1 amide bonds. The summed E-state index contributed by atoms with van der Waals surface area (Å²) in [5.74, 6) is -2.15. The number of hydrogen-bond acceptors (Lipinski definition) is 6. The number of ether oxygens (including phenoxy) is 1. The molecule has 0 spiro atoms. The second kappa shape index (κ2) is 7.69. The molecule has 0 saturated carbocycles. The average molecular weight is 472 g/mol. The van der Waals surface area contributed by atoms with Gasteiger partial charge in [-0.15, -0.1) is 0 Å². The van der Waals surface area contributed by atoms with Crippen molar-refractivity contribution in [2.75, 3.05) is 10.7 Å². The van der Waals surface area contributed by atoms with Crippen LogP contribution in [-0.4, -0.2) is 47.4 Å². The summed E-state index contributed by atoms with van der Waals surface area (Å²) < 4.78 is 107. The molecule has 0 fully saturated rings. The zero-order valence-corrected chi connectivity index (χ0v) is 16.6. The Morgan fingerprint density at radius 2 is 1.90 bits per heavy atom. The first kappa shape index (κ1) is 22.8. The summed E-state index contributed by atoms with van der Waals surface area (Å²) in [6.45, 7) is 0.810. The normalized spacial score (nSPS) is 15.5. The zero-order chi connectivity index (χ0) is 23.3. The Morgan fingerprint density at radius 1 is 1.26 bits per heavy atom. The van der Waals surface area contributed by atoms with Crippen molar-refractivity contribution >= 4 is 21.6 Å². The van der Waals surface area contributed by atoms with E-state index in [0.717, 1.165) is 7.05 Å². The number of anilines is 1. The Labute approximate surface area is 171 Å². The van der Waals surface area contributed by atoms with E-state index in [1.54, 1.807) is 0 Å². The van der Waals surface area contributed by atoms with Crippen LogP contribution in [0.3, 0.4) is 0 Å². The molecule has 0 aliphatic carbocycles. The van der Waals surface area contributed by atoms with Crippen molar-refractivity contribution in [3.05, 3.63) is 29.1 Å². The zero-order valence-electron chi connectivity index (χ0n) is 15.8. The fraction of sp³-hybridized carbons (Fsp3) is 0.438. The summed E-state index contributed by atoms with van der Waals surface area (Å²) in [6.07, 6.45) is -10.9. The van der Waals surface area contributed by atoms with Gasteiger partial charge in [0.25, 0.3) is 5.91 Å². The fourth-order valence-corrected chi connectivity index (χ4v) is 4.07. The smallest absolute Gasteiger partial charge is 0.417 e. The number of carbonyl (C=O) groups is 1. The number of carbonyl (C=O) groups excluding carboxylic acids is 1. The second-order valence-electron chi connectivity index (χ2n) is 6.40. The van der Waals surface area contributed by atoms with E-state index < -0.39 is 75.0 Å². The minimum Gasteiger partial charge on any atom is -0.424 e. The van der Waals surface area contributed by atoms with E-state index in [4.69, 9.17) is 0 Å². The Kier molecular flexibility index (Phi) is 5.67. The highest BCUT2D eigenvalue weighted by molar-refractivity contribution is 7.91. The monoisotopic (exact) mass is 472 g/mol. The average Bonchev–Trinajstić information content (AvgIpc) is 3.18. The van der Waals surface area contributed by atoms with E-state index in [0.29, 0.717) is 21.7 Å². The van der Waals surface area contributed by atoms with Crippen molar-refractivity contribution in [2.24, 2.45) is 7.05 Å². The van der Waals surface area contributed by atoms with E-state index >= 15 is 0 Å². The molecule has 0 aromatic carbocycles. The van der Waals surface area contributed by atoms with Crippen LogP contribution < -0.4 is 9.64 Å². The fourth-order valence-electron chi connectivity index (χ4n) is 2.87. The van der Waals surface area contributed by atoms with Crippen LogP contribution in [0.15, 0.2) is 17.3 Å². The number of fused-ring (bicyclic) bond motifs is 1. The van der Waals surface area contributed by atoms with Gasteiger partial charge in [-0.3, -0.25) is 19.2 Å². The van der Waals surface area contributed by atoms with Crippen LogP contribution in [0.5, 0.6) is 6.01 Å². The van der Waals surface area contributed by atoms with E-state index in [1.807, 2.05) is 0 Å². The van der Waals surface area contributed by atoms with Gasteiger partial charge in [0.2, 0.25) is 0 Å². The molecule has 0 saturated heterocycles. The lowest BCUT2D eigenvalue weighted by Gasteiger charge is -2.14. The Balaban J connectivity index is 2.10. The van der Waals surface area contributed by atoms with Crippen molar-refractivity contribution in [1.29, 1.82) is 0 Å². The quantitative estimate of drug-likeness (QED) is 0.601. The van der Waals surface area contributed by atoms with Gasteiger partial charge in [0, 0.05) is 13.2 Å². The van der Waals surface area contributed by atoms with Gasteiger partial charge >= 0.3 is 25.0 Å². The lowest BCUT2D eigenvalue weighted by Crippen LogP contribution is -2.26. The highest BCUT2D eigenvalue weighted by Crippen LogP contribution is 2.37. The Morgan fingerprint density at radius 3 is 2.45 bits per heavy atom. The van der Waals surface area contributed by atoms with Gasteiger partial charge in [-0.2, -0.15) is 22.5 Å². The number of aromatic nitrogens is 3. The highest BCUT2D eigenvalue weighted by atomic mass is 32.2. The van der Waals surface area contributed by atoms with Crippen LogP contribution in [0.25, 0.3) is 0 Å². The molecular formula is C16H14F6N4O4S. The molecule has 170 valence electrons. The molecule has 1 aliphatic heterocycles. The van der Waals surface area contributed by atoms with Crippen LogP contribution in [0.4, 0.5) is 32.2 Å². The number of hydrogen-bond donors (Lipinski definition) is 0. The first-order valence-corrected chi connectivity index (χ1v) is 10.2. The number of alkyl halides is 6.